The van der Waals surface area contributed by atoms with Gasteiger partial charge in [-0.05, 0) is 17.4 Å². The van der Waals surface area contributed by atoms with E-state index in [2.05, 4.69) is 20.8 Å². The predicted molar refractivity (Wildman–Crippen MR) is 42.5 cm³/mol. The van der Waals surface area contributed by atoms with Crippen LogP contribution in [0.3, 0.4) is 0 Å². The molecule has 0 aliphatic heterocycles. The fourth-order valence-electron chi connectivity index (χ4n) is 0.437. The van der Waals surface area contributed by atoms with Gasteiger partial charge in [0.2, 0.25) is 0 Å². The van der Waals surface area contributed by atoms with E-state index in [1.54, 1.807) is 0 Å². The van der Waals surface area contributed by atoms with Crippen LogP contribution in [-0.2, 0) is 0 Å². The van der Waals surface area contributed by atoms with Crippen molar-refractivity contribution >= 4 is 11.8 Å². The lowest BCUT2D eigenvalue weighted by Gasteiger charge is -2.04. The average Bonchev–Trinajstić information content (AvgIpc) is 1.83. The van der Waals surface area contributed by atoms with Crippen molar-refractivity contribution in [2.45, 2.75) is 27.2 Å². The molecule has 0 aliphatic carbocycles. The lowest BCUT2D eigenvalue weighted by molar-refractivity contribution is 0.637. The lowest BCUT2D eigenvalue weighted by Crippen LogP contribution is -1.94. The zero-order valence-electron chi connectivity index (χ0n) is 6.11. The van der Waals surface area contributed by atoms with E-state index in [1.807, 2.05) is 11.8 Å². The summed E-state index contributed by atoms with van der Waals surface area (Å²) < 4.78 is 0. The monoisotopic (exact) mass is 132 g/mol. The quantitative estimate of drug-likeness (QED) is 0.567. The van der Waals surface area contributed by atoms with Gasteiger partial charge in [0.05, 0.1) is 0 Å². The van der Waals surface area contributed by atoms with Crippen LogP contribution in [0.4, 0.5) is 0 Å². The van der Waals surface area contributed by atoms with Crippen molar-refractivity contribution < 1.29 is 0 Å². The van der Waals surface area contributed by atoms with Crippen LogP contribution in [0, 0.1) is 5.92 Å². The van der Waals surface area contributed by atoms with Crippen molar-refractivity contribution in [1.29, 1.82) is 0 Å². The summed E-state index contributed by atoms with van der Waals surface area (Å²) in [6.07, 6.45) is 1.33. The number of hydrogen-bond acceptors (Lipinski definition) is 1. The molecular formula is C7H16S. The molecule has 0 spiro atoms. The Labute approximate surface area is 57.1 Å². The third-order valence-electron chi connectivity index (χ3n) is 1.30. The standard InChI is InChI=1S/C7H16S/c1-4-7(3)6-8-5-2/h7H,4-6H2,1-3H3. The van der Waals surface area contributed by atoms with E-state index in [4.69, 9.17) is 0 Å². The van der Waals surface area contributed by atoms with E-state index in [0.29, 0.717) is 0 Å². The van der Waals surface area contributed by atoms with Crippen molar-refractivity contribution in [3.05, 3.63) is 0 Å². The average molecular weight is 132 g/mol. The molecule has 0 aromatic heterocycles. The van der Waals surface area contributed by atoms with Gasteiger partial charge in [-0.15, -0.1) is 0 Å². The Morgan fingerprint density at radius 1 is 1.38 bits per heavy atom. The van der Waals surface area contributed by atoms with Crippen molar-refractivity contribution in [1.82, 2.24) is 0 Å². The fraction of sp³-hybridized carbons (Fsp3) is 1.00. The van der Waals surface area contributed by atoms with Gasteiger partial charge < -0.3 is 0 Å². The van der Waals surface area contributed by atoms with Crippen molar-refractivity contribution in [3.63, 3.8) is 0 Å². The summed E-state index contributed by atoms with van der Waals surface area (Å²) in [5.74, 6) is 3.53. The van der Waals surface area contributed by atoms with Gasteiger partial charge in [0.15, 0.2) is 0 Å². The maximum absolute atomic E-state index is 2.31. The first kappa shape index (κ1) is 8.35. The van der Waals surface area contributed by atoms with Crippen molar-refractivity contribution in [3.8, 4) is 0 Å². The Morgan fingerprint density at radius 2 is 2.00 bits per heavy atom. The van der Waals surface area contributed by atoms with Gasteiger partial charge in [-0.25, -0.2) is 0 Å². The molecule has 50 valence electrons. The summed E-state index contributed by atoms with van der Waals surface area (Å²) in [6.45, 7) is 6.77. The van der Waals surface area contributed by atoms with E-state index in [0.717, 1.165) is 5.92 Å². The van der Waals surface area contributed by atoms with Crippen LogP contribution < -0.4 is 0 Å². The fourth-order valence-corrected chi connectivity index (χ4v) is 1.31. The summed E-state index contributed by atoms with van der Waals surface area (Å²) in [6, 6.07) is 0. The van der Waals surface area contributed by atoms with E-state index in [1.165, 1.54) is 17.9 Å². The van der Waals surface area contributed by atoms with Gasteiger partial charge in [-0.1, -0.05) is 27.2 Å². The second-order valence-electron chi connectivity index (χ2n) is 2.17. The van der Waals surface area contributed by atoms with Gasteiger partial charge in [-0.3, -0.25) is 0 Å². The third-order valence-corrected chi connectivity index (χ3v) is 2.52. The Morgan fingerprint density at radius 3 is 2.38 bits per heavy atom. The zero-order chi connectivity index (χ0) is 6.41. The first-order chi connectivity index (χ1) is 3.81. The van der Waals surface area contributed by atoms with Gasteiger partial charge in [0, 0.05) is 0 Å². The minimum absolute atomic E-state index is 0.917. The van der Waals surface area contributed by atoms with Crippen LogP contribution in [0.5, 0.6) is 0 Å². The molecule has 0 nitrogen and oxygen atoms in total. The first-order valence-corrected chi connectivity index (χ1v) is 4.54. The highest BCUT2D eigenvalue weighted by atomic mass is 32.2. The molecule has 0 radical (unpaired) electrons. The molecule has 0 amide bonds. The Balaban J connectivity index is 2.86. The molecule has 0 saturated heterocycles. The first-order valence-electron chi connectivity index (χ1n) is 3.39. The van der Waals surface area contributed by atoms with Gasteiger partial charge >= 0.3 is 0 Å². The zero-order valence-corrected chi connectivity index (χ0v) is 6.92. The molecule has 0 bridgehead atoms. The molecule has 0 aromatic carbocycles. The molecule has 8 heavy (non-hydrogen) atoms. The van der Waals surface area contributed by atoms with Crippen molar-refractivity contribution in [2.75, 3.05) is 11.5 Å². The summed E-state index contributed by atoms with van der Waals surface area (Å²) in [5, 5.41) is 0. The van der Waals surface area contributed by atoms with E-state index in [-0.39, 0.29) is 0 Å². The highest BCUT2D eigenvalue weighted by Crippen LogP contribution is 2.09. The second-order valence-corrected chi connectivity index (χ2v) is 3.49. The van der Waals surface area contributed by atoms with E-state index >= 15 is 0 Å². The number of thioether (sulfide) groups is 1. The van der Waals surface area contributed by atoms with Gasteiger partial charge in [-0.2, -0.15) is 11.8 Å². The smallest absolute Gasteiger partial charge is 0.00420 e. The predicted octanol–water partition coefficient (Wildman–Crippen LogP) is 2.79. The topological polar surface area (TPSA) is 0 Å². The SMILES string of the molecule is CCSCC(C)CC. The summed E-state index contributed by atoms with van der Waals surface area (Å²) in [5.41, 5.74) is 0. The Bertz CT molecular complexity index is 43.7. The van der Waals surface area contributed by atoms with Gasteiger partial charge in [0.25, 0.3) is 0 Å². The largest absolute Gasteiger partial charge is 0.162 e. The number of hydrogen-bond donors (Lipinski definition) is 0. The molecule has 0 aromatic rings. The lowest BCUT2D eigenvalue weighted by atomic mass is 10.2. The normalized spacial score (nSPS) is 13.9. The molecular weight excluding hydrogens is 116 g/mol. The van der Waals surface area contributed by atoms with Crippen LogP contribution >= 0.6 is 11.8 Å². The molecule has 0 heterocycles. The van der Waals surface area contributed by atoms with Crippen LogP contribution in [0.2, 0.25) is 0 Å². The summed E-state index contributed by atoms with van der Waals surface area (Å²) >= 11 is 2.04. The molecule has 1 atom stereocenters. The van der Waals surface area contributed by atoms with Crippen molar-refractivity contribution in [2.24, 2.45) is 5.92 Å². The highest BCUT2D eigenvalue weighted by Gasteiger charge is 1.94. The molecule has 0 saturated carbocycles. The highest BCUT2D eigenvalue weighted by molar-refractivity contribution is 7.99. The Hall–Kier alpha value is 0.350. The van der Waals surface area contributed by atoms with E-state index < -0.39 is 0 Å². The molecule has 0 fully saturated rings. The van der Waals surface area contributed by atoms with Gasteiger partial charge in [0.1, 0.15) is 0 Å². The molecule has 0 N–H and O–H groups in total. The molecule has 1 unspecified atom stereocenters. The second kappa shape index (κ2) is 5.49. The minimum Gasteiger partial charge on any atom is -0.162 e. The summed E-state index contributed by atoms with van der Waals surface area (Å²) in [7, 11) is 0. The number of rotatable bonds is 4. The minimum atomic E-state index is 0.917. The maximum atomic E-state index is 2.31. The maximum Gasteiger partial charge on any atom is -0.00420 e. The van der Waals surface area contributed by atoms with Crippen LogP contribution in [0.1, 0.15) is 27.2 Å². The third kappa shape index (κ3) is 4.51. The summed E-state index contributed by atoms with van der Waals surface area (Å²) in [4.78, 5) is 0. The van der Waals surface area contributed by atoms with Crippen LogP contribution in [0.15, 0.2) is 0 Å². The van der Waals surface area contributed by atoms with E-state index in [9.17, 15) is 0 Å². The molecule has 1 heteroatoms. The van der Waals surface area contributed by atoms with Crippen LogP contribution in [0.25, 0.3) is 0 Å². The molecule has 0 aliphatic rings. The Kier molecular flexibility index (Phi) is 5.73. The molecule has 0 rings (SSSR count). The van der Waals surface area contributed by atoms with Crippen LogP contribution in [-0.4, -0.2) is 11.5 Å².